The van der Waals surface area contributed by atoms with Gasteiger partial charge in [-0.05, 0) is 26.8 Å². The Kier molecular flexibility index (Phi) is 4.78. The van der Waals surface area contributed by atoms with E-state index in [0.29, 0.717) is 10.6 Å². The van der Waals surface area contributed by atoms with E-state index in [1.807, 2.05) is 0 Å². The molecule has 0 aliphatic heterocycles. The highest BCUT2D eigenvalue weighted by atomic mass is 35.5. The standard InChI is InChI=1S/C13H17ClN2O3/c1-13(2,3)16-12(19)15-10(11(17)18)8-6-4-5-7-9(8)14/h4-7,10H,1-3H3,(H,17,18)(H2,15,16,19)/t10-/m1/s1. The van der Waals surface area contributed by atoms with Crippen LogP contribution in [0, 0.1) is 0 Å². The third-order valence-electron chi connectivity index (χ3n) is 2.23. The van der Waals surface area contributed by atoms with E-state index in [-0.39, 0.29) is 0 Å². The quantitative estimate of drug-likeness (QED) is 0.798. The average Bonchev–Trinajstić information content (AvgIpc) is 2.24. The van der Waals surface area contributed by atoms with Crippen molar-refractivity contribution in [1.29, 1.82) is 0 Å². The van der Waals surface area contributed by atoms with Crippen molar-refractivity contribution < 1.29 is 14.7 Å². The maximum Gasteiger partial charge on any atom is 0.331 e. The van der Waals surface area contributed by atoms with Crippen LogP contribution in [0.2, 0.25) is 5.02 Å². The molecule has 1 atom stereocenters. The number of carboxylic acid groups (broad SMARTS) is 1. The third kappa shape index (κ3) is 4.79. The highest BCUT2D eigenvalue weighted by Gasteiger charge is 2.25. The van der Waals surface area contributed by atoms with Crippen molar-refractivity contribution in [1.82, 2.24) is 10.6 Å². The Morgan fingerprint density at radius 3 is 2.32 bits per heavy atom. The third-order valence-corrected chi connectivity index (χ3v) is 2.57. The molecule has 0 saturated carbocycles. The molecule has 19 heavy (non-hydrogen) atoms. The molecule has 1 aromatic carbocycles. The predicted molar refractivity (Wildman–Crippen MR) is 73.2 cm³/mol. The number of hydrogen-bond donors (Lipinski definition) is 3. The number of benzene rings is 1. The van der Waals surface area contributed by atoms with Gasteiger partial charge in [0.2, 0.25) is 0 Å². The number of rotatable bonds is 3. The zero-order valence-electron chi connectivity index (χ0n) is 11.0. The highest BCUT2D eigenvalue weighted by molar-refractivity contribution is 6.31. The smallest absolute Gasteiger partial charge is 0.331 e. The second kappa shape index (κ2) is 5.93. The summed E-state index contributed by atoms with van der Waals surface area (Å²) >= 11 is 5.94. The van der Waals surface area contributed by atoms with Crippen molar-refractivity contribution in [3.05, 3.63) is 34.9 Å². The van der Waals surface area contributed by atoms with Crippen LogP contribution in [0.15, 0.2) is 24.3 Å². The summed E-state index contributed by atoms with van der Waals surface area (Å²) < 4.78 is 0. The van der Waals surface area contributed by atoms with E-state index in [1.54, 1.807) is 45.0 Å². The first-order valence-electron chi connectivity index (χ1n) is 5.76. The fraction of sp³-hybridized carbons (Fsp3) is 0.385. The van der Waals surface area contributed by atoms with Crippen molar-refractivity contribution in [2.75, 3.05) is 0 Å². The van der Waals surface area contributed by atoms with Crippen LogP contribution in [0.25, 0.3) is 0 Å². The van der Waals surface area contributed by atoms with E-state index in [1.165, 1.54) is 0 Å². The molecule has 0 aliphatic carbocycles. The van der Waals surface area contributed by atoms with Gasteiger partial charge in [-0.25, -0.2) is 9.59 Å². The minimum absolute atomic E-state index is 0.297. The topological polar surface area (TPSA) is 78.4 Å². The average molecular weight is 285 g/mol. The van der Waals surface area contributed by atoms with Crippen LogP contribution in [0.5, 0.6) is 0 Å². The van der Waals surface area contributed by atoms with Crippen LogP contribution in [-0.2, 0) is 4.79 Å². The van der Waals surface area contributed by atoms with Crippen LogP contribution in [0.3, 0.4) is 0 Å². The summed E-state index contributed by atoms with van der Waals surface area (Å²) in [6, 6.07) is 4.77. The fourth-order valence-electron chi connectivity index (χ4n) is 1.49. The van der Waals surface area contributed by atoms with Gasteiger partial charge in [0, 0.05) is 16.1 Å². The van der Waals surface area contributed by atoms with E-state index >= 15 is 0 Å². The van der Waals surface area contributed by atoms with Gasteiger partial charge in [-0.1, -0.05) is 29.8 Å². The van der Waals surface area contributed by atoms with E-state index in [2.05, 4.69) is 10.6 Å². The van der Waals surface area contributed by atoms with Gasteiger partial charge < -0.3 is 15.7 Å². The molecule has 3 N–H and O–H groups in total. The number of urea groups is 1. The van der Waals surface area contributed by atoms with Crippen molar-refractivity contribution in [3.63, 3.8) is 0 Å². The Balaban J connectivity index is 2.89. The predicted octanol–water partition coefficient (Wildman–Crippen LogP) is 2.56. The molecule has 1 rings (SSSR count). The molecule has 104 valence electrons. The molecular formula is C13H17ClN2O3. The molecule has 0 heterocycles. The second-order valence-corrected chi connectivity index (χ2v) is 5.55. The van der Waals surface area contributed by atoms with Gasteiger partial charge in [0.15, 0.2) is 6.04 Å². The Morgan fingerprint density at radius 1 is 1.26 bits per heavy atom. The van der Waals surface area contributed by atoms with Crippen molar-refractivity contribution >= 4 is 23.6 Å². The second-order valence-electron chi connectivity index (χ2n) is 5.14. The Hall–Kier alpha value is -1.75. The Morgan fingerprint density at radius 2 is 1.84 bits per heavy atom. The number of carbonyl (C=O) groups is 2. The highest BCUT2D eigenvalue weighted by Crippen LogP contribution is 2.22. The van der Waals surface area contributed by atoms with Crippen molar-refractivity contribution in [3.8, 4) is 0 Å². The summed E-state index contributed by atoms with van der Waals surface area (Å²) in [7, 11) is 0. The van der Waals surface area contributed by atoms with Gasteiger partial charge in [-0.2, -0.15) is 0 Å². The number of nitrogens with one attached hydrogen (secondary N) is 2. The molecule has 0 unspecified atom stereocenters. The molecular weight excluding hydrogens is 268 g/mol. The number of carbonyl (C=O) groups excluding carboxylic acids is 1. The lowest BCUT2D eigenvalue weighted by atomic mass is 10.1. The summed E-state index contributed by atoms with van der Waals surface area (Å²) in [4.78, 5) is 23.0. The molecule has 5 nitrogen and oxygen atoms in total. The minimum atomic E-state index is -1.18. The lowest BCUT2D eigenvalue weighted by molar-refractivity contribution is -0.139. The van der Waals surface area contributed by atoms with E-state index in [4.69, 9.17) is 11.6 Å². The lowest BCUT2D eigenvalue weighted by Crippen LogP contribution is -2.48. The molecule has 0 saturated heterocycles. The summed E-state index contributed by atoms with van der Waals surface area (Å²) in [5.41, 5.74) is -0.103. The number of amides is 2. The van der Waals surface area contributed by atoms with Gasteiger partial charge in [-0.3, -0.25) is 0 Å². The number of hydrogen-bond acceptors (Lipinski definition) is 2. The lowest BCUT2D eigenvalue weighted by Gasteiger charge is -2.23. The largest absolute Gasteiger partial charge is 0.479 e. The maximum atomic E-state index is 11.7. The molecule has 0 aliphatic rings. The van der Waals surface area contributed by atoms with Crippen molar-refractivity contribution in [2.45, 2.75) is 32.4 Å². The number of aliphatic carboxylic acids is 1. The minimum Gasteiger partial charge on any atom is -0.479 e. The monoisotopic (exact) mass is 284 g/mol. The van der Waals surface area contributed by atoms with Crippen LogP contribution in [0.1, 0.15) is 32.4 Å². The van der Waals surface area contributed by atoms with E-state index in [9.17, 15) is 14.7 Å². The summed E-state index contributed by atoms with van der Waals surface area (Å²) in [6.07, 6.45) is 0. The first-order valence-corrected chi connectivity index (χ1v) is 6.14. The Bertz CT molecular complexity index is 483. The van der Waals surface area contributed by atoms with E-state index < -0.39 is 23.6 Å². The van der Waals surface area contributed by atoms with Crippen LogP contribution in [0.4, 0.5) is 4.79 Å². The molecule has 0 spiro atoms. The van der Waals surface area contributed by atoms with Gasteiger partial charge in [0.25, 0.3) is 0 Å². The summed E-state index contributed by atoms with van der Waals surface area (Å²) in [5, 5.41) is 14.5. The van der Waals surface area contributed by atoms with E-state index in [0.717, 1.165) is 0 Å². The molecule has 0 fully saturated rings. The first-order chi connectivity index (χ1) is 8.70. The fourth-order valence-corrected chi connectivity index (χ4v) is 1.73. The molecule has 2 amide bonds. The first kappa shape index (κ1) is 15.3. The van der Waals surface area contributed by atoms with Crippen LogP contribution >= 0.6 is 11.6 Å². The normalized spacial score (nSPS) is 12.6. The zero-order chi connectivity index (χ0) is 14.6. The van der Waals surface area contributed by atoms with Crippen LogP contribution < -0.4 is 10.6 Å². The van der Waals surface area contributed by atoms with Crippen LogP contribution in [-0.4, -0.2) is 22.6 Å². The maximum absolute atomic E-state index is 11.7. The molecule has 0 radical (unpaired) electrons. The van der Waals surface area contributed by atoms with Gasteiger partial charge in [0.1, 0.15) is 0 Å². The molecule has 6 heteroatoms. The SMILES string of the molecule is CC(C)(C)NC(=O)N[C@@H](C(=O)O)c1ccccc1Cl. The summed E-state index contributed by atoms with van der Waals surface area (Å²) in [6.45, 7) is 5.41. The van der Waals surface area contributed by atoms with Gasteiger partial charge in [0.05, 0.1) is 0 Å². The number of halogens is 1. The molecule has 0 bridgehead atoms. The van der Waals surface area contributed by atoms with Gasteiger partial charge >= 0.3 is 12.0 Å². The Labute approximate surface area is 117 Å². The molecule has 1 aromatic rings. The summed E-state index contributed by atoms with van der Waals surface area (Å²) in [5.74, 6) is -1.17. The van der Waals surface area contributed by atoms with Crippen molar-refractivity contribution in [2.24, 2.45) is 0 Å². The number of carboxylic acids is 1. The van der Waals surface area contributed by atoms with Gasteiger partial charge in [-0.15, -0.1) is 0 Å². The zero-order valence-corrected chi connectivity index (χ0v) is 11.8. The molecule has 0 aromatic heterocycles.